The third kappa shape index (κ3) is 5.08. The number of hydrogen-bond donors (Lipinski definition) is 1. The Labute approximate surface area is 157 Å². The number of nitrogens with one attached hydrogen (secondary N) is 1. The van der Waals surface area contributed by atoms with Crippen LogP contribution < -0.4 is 10.1 Å². The van der Waals surface area contributed by atoms with E-state index in [1.54, 1.807) is 0 Å². The topological polar surface area (TPSA) is 38.3 Å². The molecular formula is C21H24BrNO2. The number of aryl methyl sites for hydroxylation is 1. The van der Waals surface area contributed by atoms with Gasteiger partial charge in [-0.1, -0.05) is 47.3 Å². The Hall–Kier alpha value is -1.81. The van der Waals surface area contributed by atoms with Crippen molar-refractivity contribution in [2.24, 2.45) is 0 Å². The summed E-state index contributed by atoms with van der Waals surface area (Å²) in [5.74, 6) is 1.27. The van der Waals surface area contributed by atoms with E-state index in [4.69, 9.17) is 4.74 Å². The zero-order valence-electron chi connectivity index (χ0n) is 14.6. The summed E-state index contributed by atoms with van der Waals surface area (Å²) in [7, 11) is 0. The molecule has 25 heavy (non-hydrogen) atoms. The largest absolute Gasteiger partial charge is 0.484 e. The van der Waals surface area contributed by atoms with E-state index in [0.717, 1.165) is 21.5 Å². The van der Waals surface area contributed by atoms with E-state index in [-0.39, 0.29) is 12.5 Å². The summed E-state index contributed by atoms with van der Waals surface area (Å²) in [5.41, 5.74) is 3.25. The zero-order chi connectivity index (χ0) is 17.6. The quantitative estimate of drug-likeness (QED) is 0.684. The van der Waals surface area contributed by atoms with E-state index in [9.17, 15) is 4.79 Å². The van der Waals surface area contributed by atoms with Gasteiger partial charge < -0.3 is 10.1 Å². The van der Waals surface area contributed by atoms with Crippen LogP contribution in [0.4, 0.5) is 5.69 Å². The highest BCUT2D eigenvalue weighted by Gasteiger charge is 2.15. The number of carbonyl (C=O) groups excluding carboxylic acids is 1. The number of benzene rings is 2. The van der Waals surface area contributed by atoms with Crippen molar-refractivity contribution in [2.45, 2.75) is 44.9 Å². The lowest BCUT2D eigenvalue weighted by Crippen LogP contribution is -2.20. The van der Waals surface area contributed by atoms with Gasteiger partial charge >= 0.3 is 0 Å². The molecule has 0 bridgehead atoms. The van der Waals surface area contributed by atoms with E-state index < -0.39 is 0 Å². The average Bonchev–Trinajstić information content (AvgIpc) is 2.64. The van der Waals surface area contributed by atoms with Crippen LogP contribution in [0.15, 0.2) is 46.9 Å². The molecule has 1 aliphatic rings. The second-order valence-electron chi connectivity index (χ2n) is 6.70. The van der Waals surface area contributed by atoms with Crippen molar-refractivity contribution < 1.29 is 9.53 Å². The molecule has 0 saturated heterocycles. The Balaban J connectivity index is 1.50. The van der Waals surface area contributed by atoms with Crippen molar-refractivity contribution in [2.75, 3.05) is 11.9 Å². The lowest BCUT2D eigenvalue weighted by atomic mass is 9.84. The lowest BCUT2D eigenvalue weighted by Gasteiger charge is -2.22. The maximum Gasteiger partial charge on any atom is 0.262 e. The van der Waals surface area contributed by atoms with Gasteiger partial charge in [-0.25, -0.2) is 0 Å². The summed E-state index contributed by atoms with van der Waals surface area (Å²) in [6.45, 7) is 2.00. The van der Waals surface area contributed by atoms with Gasteiger partial charge in [0.2, 0.25) is 0 Å². The normalized spacial score (nSPS) is 15.0. The van der Waals surface area contributed by atoms with Crippen LogP contribution in [0, 0.1) is 6.92 Å². The van der Waals surface area contributed by atoms with E-state index in [2.05, 4.69) is 33.4 Å². The molecule has 132 valence electrons. The zero-order valence-corrected chi connectivity index (χ0v) is 16.1. The summed E-state index contributed by atoms with van der Waals surface area (Å²) < 4.78 is 6.64. The van der Waals surface area contributed by atoms with Gasteiger partial charge in [0.15, 0.2) is 6.61 Å². The Morgan fingerprint density at radius 2 is 1.84 bits per heavy atom. The van der Waals surface area contributed by atoms with Crippen LogP contribution in [0.25, 0.3) is 0 Å². The van der Waals surface area contributed by atoms with E-state index in [0.29, 0.717) is 5.92 Å². The molecule has 3 nitrogen and oxygen atoms in total. The number of ether oxygens (including phenoxy) is 1. The van der Waals surface area contributed by atoms with Crippen LogP contribution in [-0.4, -0.2) is 12.5 Å². The van der Waals surface area contributed by atoms with Gasteiger partial charge in [-0.2, -0.15) is 0 Å². The molecule has 3 rings (SSSR count). The van der Waals surface area contributed by atoms with Crippen LogP contribution in [-0.2, 0) is 4.79 Å². The predicted octanol–water partition coefficient (Wildman–Crippen LogP) is 5.82. The van der Waals surface area contributed by atoms with Gasteiger partial charge in [0.1, 0.15) is 5.75 Å². The van der Waals surface area contributed by atoms with Crippen molar-refractivity contribution in [1.82, 2.24) is 0 Å². The molecule has 1 N–H and O–H groups in total. The number of hydrogen-bond acceptors (Lipinski definition) is 2. The molecule has 4 heteroatoms. The first-order valence-corrected chi connectivity index (χ1v) is 9.70. The molecule has 0 heterocycles. The highest BCUT2D eigenvalue weighted by molar-refractivity contribution is 9.10. The van der Waals surface area contributed by atoms with Gasteiger partial charge in [0.25, 0.3) is 5.91 Å². The first-order valence-electron chi connectivity index (χ1n) is 8.90. The summed E-state index contributed by atoms with van der Waals surface area (Å²) in [5, 5.41) is 2.86. The average molecular weight is 402 g/mol. The Kier molecular flexibility index (Phi) is 6.14. The summed E-state index contributed by atoms with van der Waals surface area (Å²) >= 11 is 3.45. The van der Waals surface area contributed by atoms with Crippen LogP contribution in [0.1, 0.15) is 49.1 Å². The summed E-state index contributed by atoms with van der Waals surface area (Å²) in [6, 6.07) is 14.0. The van der Waals surface area contributed by atoms with Crippen molar-refractivity contribution in [1.29, 1.82) is 0 Å². The molecule has 2 aromatic carbocycles. The van der Waals surface area contributed by atoms with Crippen LogP contribution >= 0.6 is 15.9 Å². The molecule has 1 saturated carbocycles. The maximum absolute atomic E-state index is 12.0. The summed E-state index contributed by atoms with van der Waals surface area (Å²) in [4.78, 5) is 12.0. The monoisotopic (exact) mass is 401 g/mol. The van der Waals surface area contributed by atoms with Gasteiger partial charge in [-0.05, 0) is 67.1 Å². The molecule has 0 aromatic heterocycles. The fourth-order valence-corrected chi connectivity index (χ4v) is 3.59. The number of halogens is 1. The second-order valence-corrected chi connectivity index (χ2v) is 7.56. The minimum absolute atomic E-state index is 0.0118. The van der Waals surface area contributed by atoms with Crippen LogP contribution in [0.2, 0.25) is 0 Å². The second kappa shape index (κ2) is 8.52. The van der Waals surface area contributed by atoms with E-state index in [1.165, 1.54) is 37.7 Å². The third-order valence-electron chi connectivity index (χ3n) is 4.77. The van der Waals surface area contributed by atoms with Crippen molar-refractivity contribution in [3.8, 4) is 5.75 Å². The standard InChI is InChI=1S/C21H24BrNO2/c1-15-13-18(9-12-20(15)22)23-21(24)14-25-19-10-7-17(8-11-19)16-5-3-2-4-6-16/h7-13,16H,2-6,14H2,1H3,(H,23,24). The number of anilines is 1. The highest BCUT2D eigenvalue weighted by atomic mass is 79.9. The number of rotatable bonds is 5. The van der Waals surface area contributed by atoms with Crippen molar-refractivity contribution in [3.63, 3.8) is 0 Å². The van der Waals surface area contributed by atoms with E-state index in [1.807, 2.05) is 37.3 Å². The van der Waals surface area contributed by atoms with Gasteiger partial charge in [-0.3, -0.25) is 4.79 Å². The molecule has 0 spiro atoms. The fraction of sp³-hybridized carbons (Fsp3) is 0.381. The minimum atomic E-state index is -0.155. The maximum atomic E-state index is 12.0. The number of carbonyl (C=O) groups is 1. The van der Waals surface area contributed by atoms with Gasteiger partial charge in [-0.15, -0.1) is 0 Å². The molecule has 2 aromatic rings. The predicted molar refractivity (Wildman–Crippen MR) is 105 cm³/mol. The van der Waals surface area contributed by atoms with Crippen molar-refractivity contribution in [3.05, 3.63) is 58.1 Å². The van der Waals surface area contributed by atoms with E-state index >= 15 is 0 Å². The SMILES string of the molecule is Cc1cc(NC(=O)COc2ccc(C3CCCCC3)cc2)ccc1Br. The molecule has 0 atom stereocenters. The first kappa shape index (κ1) is 18.0. The fourth-order valence-electron chi connectivity index (χ4n) is 3.34. The Bertz CT molecular complexity index is 721. The molecule has 1 amide bonds. The first-order chi connectivity index (χ1) is 12.1. The third-order valence-corrected chi connectivity index (χ3v) is 5.66. The molecule has 1 aliphatic carbocycles. The molecule has 0 aliphatic heterocycles. The summed E-state index contributed by atoms with van der Waals surface area (Å²) in [6.07, 6.45) is 6.60. The molecule has 1 fully saturated rings. The number of amides is 1. The van der Waals surface area contributed by atoms with Crippen LogP contribution in [0.3, 0.4) is 0 Å². The smallest absolute Gasteiger partial charge is 0.262 e. The lowest BCUT2D eigenvalue weighted by molar-refractivity contribution is -0.118. The van der Waals surface area contributed by atoms with Gasteiger partial charge in [0.05, 0.1) is 0 Å². The molecular weight excluding hydrogens is 378 g/mol. The van der Waals surface area contributed by atoms with Gasteiger partial charge in [0, 0.05) is 10.2 Å². The minimum Gasteiger partial charge on any atom is -0.484 e. The van der Waals surface area contributed by atoms with Crippen molar-refractivity contribution >= 4 is 27.5 Å². The molecule has 0 radical (unpaired) electrons. The Morgan fingerprint density at radius 1 is 1.12 bits per heavy atom. The highest BCUT2D eigenvalue weighted by Crippen LogP contribution is 2.33. The molecule has 0 unspecified atom stereocenters. The Morgan fingerprint density at radius 3 is 2.52 bits per heavy atom. The van der Waals surface area contributed by atoms with Crippen LogP contribution in [0.5, 0.6) is 5.75 Å².